The molecule has 0 aromatic carbocycles. The van der Waals surface area contributed by atoms with Gasteiger partial charge in [0.05, 0.1) is 5.92 Å². The Hall–Kier alpha value is -1.85. The molecule has 0 aliphatic carbocycles. The smallest absolute Gasteiger partial charge is 0.230 e. The number of aromatic nitrogens is 2. The Labute approximate surface area is 118 Å². The van der Waals surface area contributed by atoms with Gasteiger partial charge in [0, 0.05) is 30.8 Å². The fourth-order valence-electron chi connectivity index (χ4n) is 2.33. The first-order valence-electron chi connectivity index (χ1n) is 7.04. The van der Waals surface area contributed by atoms with E-state index < -0.39 is 0 Å². The first-order chi connectivity index (χ1) is 9.38. The minimum atomic E-state index is -0.288. The average Bonchev–Trinajstić information content (AvgIpc) is 2.95. The quantitative estimate of drug-likeness (QED) is 0.880. The maximum Gasteiger partial charge on any atom is 0.230 e. The van der Waals surface area contributed by atoms with Crippen LogP contribution < -0.4 is 5.32 Å². The van der Waals surface area contributed by atoms with E-state index in [9.17, 15) is 9.59 Å². The Morgan fingerprint density at radius 2 is 2.15 bits per heavy atom. The highest BCUT2D eigenvalue weighted by Gasteiger charge is 2.35. The van der Waals surface area contributed by atoms with Crippen LogP contribution in [-0.4, -0.2) is 39.5 Å². The Morgan fingerprint density at radius 1 is 1.45 bits per heavy atom. The molecule has 1 aromatic rings. The van der Waals surface area contributed by atoms with E-state index >= 15 is 0 Å². The van der Waals surface area contributed by atoms with Crippen LogP contribution in [0.4, 0.5) is 5.82 Å². The molecule has 2 amide bonds. The molecular weight excluding hydrogens is 256 g/mol. The zero-order valence-electron chi connectivity index (χ0n) is 12.4. The molecule has 1 unspecified atom stereocenters. The maximum atomic E-state index is 12.2. The first kappa shape index (κ1) is 14.6. The van der Waals surface area contributed by atoms with Crippen molar-refractivity contribution in [2.24, 2.45) is 5.92 Å². The van der Waals surface area contributed by atoms with Crippen molar-refractivity contribution >= 4 is 17.6 Å². The van der Waals surface area contributed by atoms with Gasteiger partial charge in [-0.15, -0.1) is 0 Å². The molecule has 0 saturated carbocycles. The van der Waals surface area contributed by atoms with E-state index in [0.717, 1.165) is 5.69 Å². The van der Waals surface area contributed by atoms with E-state index in [-0.39, 0.29) is 30.2 Å². The van der Waals surface area contributed by atoms with Gasteiger partial charge in [-0.3, -0.25) is 14.7 Å². The summed E-state index contributed by atoms with van der Waals surface area (Å²) >= 11 is 0. The SMILES string of the molecule is CC(C)c1cc(NC(=O)C2CC(=O)N(C(C)C)C2)n[nH]1. The van der Waals surface area contributed by atoms with E-state index in [4.69, 9.17) is 0 Å². The van der Waals surface area contributed by atoms with Crippen molar-refractivity contribution in [1.29, 1.82) is 0 Å². The van der Waals surface area contributed by atoms with E-state index in [0.29, 0.717) is 18.3 Å². The highest BCUT2D eigenvalue weighted by atomic mass is 16.2. The molecule has 1 aliphatic rings. The lowest BCUT2D eigenvalue weighted by molar-refractivity contribution is -0.129. The van der Waals surface area contributed by atoms with Crippen LogP contribution >= 0.6 is 0 Å². The number of likely N-dealkylation sites (tertiary alicyclic amines) is 1. The number of amides is 2. The van der Waals surface area contributed by atoms with Crippen molar-refractivity contribution in [3.05, 3.63) is 11.8 Å². The van der Waals surface area contributed by atoms with Gasteiger partial charge >= 0.3 is 0 Å². The van der Waals surface area contributed by atoms with E-state index in [1.807, 2.05) is 19.9 Å². The van der Waals surface area contributed by atoms with Crippen molar-refractivity contribution in [3.8, 4) is 0 Å². The zero-order chi connectivity index (χ0) is 14.9. The summed E-state index contributed by atoms with van der Waals surface area (Å²) in [5.41, 5.74) is 0.978. The second-order valence-corrected chi connectivity index (χ2v) is 5.89. The van der Waals surface area contributed by atoms with Crippen LogP contribution in [0.2, 0.25) is 0 Å². The minimum absolute atomic E-state index is 0.0463. The number of H-pyrrole nitrogens is 1. The summed E-state index contributed by atoms with van der Waals surface area (Å²) in [6.07, 6.45) is 0.283. The second kappa shape index (κ2) is 5.64. The normalized spacial score (nSPS) is 19.2. The Kier molecular flexibility index (Phi) is 4.11. The summed E-state index contributed by atoms with van der Waals surface area (Å²) in [6, 6.07) is 1.97. The van der Waals surface area contributed by atoms with Gasteiger partial charge in [-0.1, -0.05) is 13.8 Å². The molecule has 1 saturated heterocycles. The summed E-state index contributed by atoms with van der Waals surface area (Å²) < 4.78 is 0. The summed E-state index contributed by atoms with van der Waals surface area (Å²) in [4.78, 5) is 25.7. The van der Waals surface area contributed by atoms with Crippen molar-refractivity contribution in [2.75, 3.05) is 11.9 Å². The molecule has 0 radical (unpaired) electrons. The molecule has 0 bridgehead atoms. The Morgan fingerprint density at radius 3 is 2.65 bits per heavy atom. The van der Waals surface area contributed by atoms with Gasteiger partial charge in [-0.25, -0.2) is 0 Å². The summed E-state index contributed by atoms with van der Waals surface area (Å²) in [6.45, 7) is 8.51. The number of rotatable bonds is 4. The molecule has 110 valence electrons. The van der Waals surface area contributed by atoms with Gasteiger partial charge in [0.2, 0.25) is 11.8 Å². The van der Waals surface area contributed by atoms with Gasteiger partial charge in [0.15, 0.2) is 5.82 Å². The molecule has 2 N–H and O–H groups in total. The molecule has 2 heterocycles. The standard InChI is InChI=1S/C14H22N4O2/c1-8(2)11-6-12(17-16-11)15-14(20)10-5-13(19)18(7-10)9(3)4/h6,8-10H,5,7H2,1-4H3,(H2,15,16,17,20). The number of carbonyl (C=O) groups is 2. The highest BCUT2D eigenvalue weighted by Crippen LogP contribution is 2.22. The molecule has 0 spiro atoms. The fraction of sp³-hybridized carbons (Fsp3) is 0.643. The van der Waals surface area contributed by atoms with E-state index in [1.54, 1.807) is 4.90 Å². The van der Waals surface area contributed by atoms with Gasteiger partial charge in [0.25, 0.3) is 0 Å². The number of anilines is 1. The molecule has 1 aliphatic heterocycles. The largest absolute Gasteiger partial charge is 0.339 e. The van der Waals surface area contributed by atoms with E-state index in [1.165, 1.54) is 0 Å². The summed E-state index contributed by atoms with van der Waals surface area (Å²) in [5, 5.41) is 9.74. The van der Waals surface area contributed by atoms with Crippen molar-refractivity contribution in [3.63, 3.8) is 0 Å². The van der Waals surface area contributed by atoms with Crippen LogP contribution in [0, 0.1) is 5.92 Å². The van der Waals surface area contributed by atoms with Crippen molar-refractivity contribution < 1.29 is 9.59 Å². The second-order valence-electron chi connectivity index (χ2n) is 5.89. The predicted octanol–water partition coefficient (Wildman–Crippen LogP) is 1.73. The number of carbonyl (C=O) groups excluding carboxylic acids is 2. The van der Waals surface area contributed by atoms with Crippen molar-refractivity contribution in [1.82, 2.24) is 15.1 Å². The number of hydrogen-bond donors (Lipinski definition) is 2. The molecule has 1 atom stereocenters. The summed E-state index contributed by atoms with van der Waals surface area (Å²) in [5.74, 6) is 0.476. The van der Waals surface area contributed by atoms with Gasteiger partial charge in [-0.05, 0) is 19.8 Å². The van der Waals surface area contributed by atoms with Gasteiger partial charge in [0.1, 0.15) is 0 Å². The molecule has 1 fully saturated rings. The monoisotopic (exact) mass is 278 g/mol. The minimum Gasteiger partial charge on any atom is -0.339 e. The number of nitrogens with one attached hydrogen (secondary N) is 2. The fourth-order valence-corrected chi connectivity index (χ4v) is 2.33. The maximum absolute atomic E-state index is 12.2. The van der Waals surface area contributed by atoms with Crippen LogP contribution in [0.25, 0.3) is 0 Å². The van der Waals surface area contributed by atoms with Gasteiger partial charge in [-0.2, -0.15) is 5.10 Å². The lowest BCUT2D eigenvalue weighted by atomic mass is 10.1. The number of hydrogen-bond acceptors (Lipinski definition) is 3. The Bertz CT molecular complexity index is 507. The average molecular weight is 278 g/mol. The van der Waals surface area contributed by atoms with Crippen LogP contribution in [-0.2, 0) is 9.59 Å². The molecule has 2 rings (SSSR count). The van der Waals surface area contributed by atoms with E-state index in [2.05, 4.69) is 29.4 Å². The van der Waals surface area contributed by atoms with Crippen molar-refractivity contribution in [2.45, 2.75) is 46.1 Å². The third-order valence-electron chi connectivity index (χ3n) is 3.62. The molecule has 1 aromatic heterocycles. The number of aromatic amines is 1. The Balaban J connectivity index is 1.97. The van der Waals surface area contributed by atoms with Crippen LogP contribution in [0.3, 0.4) is 0 Å². The summed E-state index contributed by atoms with van der Waals surface area (Å²) in [7, 11) is 0. The predicted molar refractivity (Wildman–Crippen MR) is 76.3 cm³/mol. The highest BCUT2D eigenvalue weighted by molar-refractivity contribution is 5.96. The first-order valence-corrected chi connectivity index (χ1v) is 7.04. The van der Waals surface area contributed by atoms with Crippen LogP contribution in [0.1, 0.15) is 45.7 Å². The zero-order valence-corrected chi connectivity index (χ0v) is 12.4. The third kappa shape index (κ3) is 3.00. The van der Waals surface area contributed by atoms with Crippen LogP contribution in [0.15, 0.2) is 6.07 Å². The lowest BCUT2D eigenvalue weighted by Crippen LogP contribution is -2.33. The molecule has 20 heavy (non-hydrogen) atoms. The topological polar surface area (TPSA) is 78.1 Å². The number of nitrogens with zero attached hydrogens (tertiary/aromatic N) is 2. The molecule has 6 heteroatoms. The van der Waals surface area contributed by atoms with Crippen LogP contribution in [0.5, 0.6) is 0 Å². The lowest BCUT2D eigenvalue weighted by Gasteiger charge is -2.20. The molecular formula is C14H22N4O2. The van der Waals surface area contributed by atoms with Gasteiger partial charge < -0.3 is 10.2 Å². The molecule has 6 nitrogen and oxygen atoms in total. The third-order valence-corrected chi connectivity index (χ3v) is 3.62.